The Balaban J connectivity index is 1.53. The summed E-state index contributed by atoms with van der Waals surface area (Å²) < 4.78 is 13.1. The number of hydrogen-bond donors (Lipinski definition) is 2. The summed E-state index contributed by atoms with van der Waals surface area (Å²) in [4.78, 5) is 18.7. The van der Waals surface area contributed by atoms with Gasteiger partial charge in [0.1, 0.15) is 0 Å². The number of thiocarbonyl (C=S) groups is 1. The zero-order valence-electron chi connectivity index (χ0n) is 20.2. The smallest absolute Gasteiger partial charge is 0.337 e. The first-order valence-electron chi connectivity index (χ1n) is 11.9. The molecule has 4 heterocycles. The van der Waals surface area contributed by atoms with Crippen LogP contribution in [0.25, 0.3) is 5.69 Å². The average Bonchev–Trinajstić information content (AvgIpc) is 3.59. The van der Waals surface area contributed by atoms with E-state index in [0.29, 0.717) is 22.3 Å². The molecule has 0 radical (unpaired) electrons. The second-order valence-electron chi connectivity index (χ2n) is 9.02. The number of benzene rings is 2. The van der Waals surface area contributed by atoms with Crippen LogP contribution in [0.1, 0.15) is 45.1 Å². The molecule has 6 rings (SSSR count). The molecule has 2 aliphatic heterocycles. The van der Waals surface area contributed by atoms with Gasteiger partial charge in [-0.05, 0) is 74.1 Å². The molecule has 186 valence electrons. The van der Waals surface area contributed by atoms with Crippen LogP contribution >= 0.6 is 12.2 Å². The number of nitrogens with one attached hydrogen (secondary N) is 1. The van der Waals surface area contributed by atoms with Crippen LogP contribution in [-0.4, -0.2) is 32.5 Å². The van der Waals surface area contributed by atoms with Gasteiger partial charge in [-0.25, -0.2) is 4.79 Å². The summed E-state index contributed by atoms with van der Waals surface area (Å²) in [6.07, 6.45) is 1.77. The van der Waals surface area contributed by atoms with E-state index in [1.54, 1.807) is 18.3 Å². The first kappa shape index (κ1) is 23.1. The van der Waals surface area contributed by atoms with Gasteiger partial charge >= 0.3 is 5.97 Å². The number of anilines is 1. The number of aromatic carboxylic acids is 1. The van der Waals surface area contributed by atoms with Gasteiger partial charge in [-0.1, -0.05) is 18.2 Å². The lowest BCUT2D eigenvalue weighted by Crippen LogP contribution is -2.29. The van der Waals surface area contributed by atoms with Crippen molar-refractivity contribution in [3.8, 4) is 17.2 Å². The highest BCUT2D eigenvalue weighted by Gasteiger charge is 2.42. The molecule has 0 unspecified atom stereocenters. The Kier molecular flexibility index (Phi) is 5.57. The van der Waals surface area contributed by atoms with Gasteiger partial charge in [0.2, 0.25) is 6.79 Å². The van der Waals surface area contributed by atoms with Crippen molar-refractivity contribution in [2.75, 3.05) is 11.7 Å². The van der Waals surface area contributed by atoms with Crippen LogP contribution in [0.3, 0.4) is 0 Å². The van der Waals surface area contributed by atoms with Crippen molar-refractivity contribution in [3.63, 3.8) is 0 Å². The van der Waals surface area contributed by atoms with Gasteiger partial charge in [-0.3, -0.25) is 4.98 Å². The summed E-state index contributed by atoms with van der Waals surface area (Å²) in [7, 11) is 0. The minimum Gasteiger partial charge on any atom is -0.478 e. The Bertz CT molecular complexity index is 1530. The number of carboxylic acid groups (broad SMARTS) is 1. The van der Waals surface area contributed by atoms with Crippen molar-refractivity contribution in [3.05, 3.63) is 101 Å². The molecule has 2 aromatic heterocycles. The maximum atomic E-state index is 12.0. The fourth-order valence-corrected chi connectivity index (χ4v) is 5.64. The predicted molar refractivity (Wildman–Crippen MR) is 143 cm³/mol. The highest BCUT2D eigenvalue weighted by Crippen LogP contribution is 2.46. The highest BCUT2D eigenvalue weighted by molar-refractivity contribution is 7.80. The minimum absolute atomic E-state index is 0.186. The second-order valence-corrected chi connectivity index (χ2v) is 9.41. The molecular formula is C28H24N4O4S. The summed E-state index contributed by atoms with van der Waals surface area (Å²) in [5.74, 6) is 0.394. The molecule has 1 fully saturated rings. The highest BCUT2D eigenvalue weighted by atomic mass is 32.1. The quantitative estimate of drug-likeness (QED) is 0.358. The van der Waals surface area contributed by atoms with Crippen molar-refractivity contribution in [1.82, 2.24) is 14.9 Å². The van der Waals surface area contributed by atoms with Crippen LogP contribution in [0.15, 0.2) is 72.9 Å². The molecule has 0 aliphatic carbocycles. The van der Waals surface area contributed by atoms with E-state index in [0.717, 1.165) is 28.3 Å². The first-order chi connectivity index (χ1) is 17.9. The molecule has 0 saturated carbocycles. The topological polar surface area (TPSA) is 88.9 Å². The summed E-state index contributed by atoms with van der Waals surface area (Å²) in [6.45, 7) is 4.18. The standard InChI is InChI=1S/C28H24N4O4S/c1-16-13-20(17(2)31(16)22-9-4-3-7-19(22)27(33)34)26-25(21-8-5-6-12-29-21)30-28(37)32(26)18-10-11-23-24(14-18)36-15-35-23/h3-14,25-26H,15H2,1-2H3,(H,30,37)(H,33,34)/t25-,26-/m1/s1. The Labute approximate surface area is 219 Å². The number of pyridine rings is 1. The third-order valence-electron chi connectivity index (χ3n) is 6.90. The second kappa shape index (κ2) is 8.94. The molecule has 0 amide bonds. The van der Waals surface area contributed by atoms with E-state index in [1.165, 1.54) is 0 Å². The van der Waals surface area contributed by atoms with Gasteiger partial charge in [0.25, 0.3) is 0 Å². The number of aromatic nitrogens is 2. The number of carboxylic acids is 1. The molecule has 1 saturated heterocycles. The lowest BCUT2D eigenvalue weighted by atomic mass is 9.96. The fraction of sp³-hybridized carbons (Fsp3) is 0.179. The molecule has 0 spiro atoms. The van der Waals surface area contributed by atoms with Crippen LogP contribution in [0.5, 0.6) is 11.5 Å². The normalized spacial score (nSPS) is 18.2. The lowest BCUT2D eigenvalue weighted by molar-refractivity contribution is 0.0697. The van der Waals surface area contributed by atoms with Crippen molar-refractivity contribution < 1.29 is 19.4 Å². The SMILES string of the molecule is Cc1cc([C@@H]2[C@@H](c3ccccn3)NC(=S)N2c2ccc3c(c2)OCO3)c(C)n1-c1ccccc1C(=O)O. The van der Waals surface area contributed by atoms with E-state index in [2.05, 4.69) is 21.3 Å². The summed E-state index contributed by atoms with van der Waals surface area (Å²) in [5.41, 5.74) is 5.44. The fourth-order valence-electron chi connectivity index (χ4n) is 5.29. The zero-order chi connectivity index (χ0) is 25.7. The molecule has 2 atom stereocenters. The van der Waals surface area contributed by atoms with Crippen molar-refractivity contribution in [2.24, 2.45) is 0 Å². The molecule has 9 heteroatoms. The van der Waals surface area contributed by atoms with E-state index in [1.807, 2.05) is 66.9 Å². The van der Waals surface area contributed by atoms with Crippen molar-refractivity contribution in [2.45, 2.75) is 25.9 Å². The number of rotatable bonds is 5. The van der Waals surface area contributed by atoms with Crippen molar-refractivity contribution >= 4 is 29.0 Å². The van der Waals surface area contributed by atoms with Gasteiger partial charge in [-0.2, -0.15) is 0 Å². The van der Waals surface area contributed by atoms with E-state index >= 15 is 0 Å². The maximum absolute atomic E-state index is 12.0. The van der Waals surface area contributed by atoms with Gasteiger partial charge < -0.3 is 29.4 Å². The molecule has 2 N–H and O–H groups in total. The summed E-state index contributed by atoms with van der Waals surface area (Å²) >= 11 is 5.87. The van der Waals surface area contributed by atoms with E-state index in [9.17, 15) is 9.90 Å². The minimum atomic E-state index is -0.971. The van der Waals surface area contributed by atoms with E-state index < -0.39 is 5.97 Å². The number of para-hydroxylation sites is 1. The Morgan fingerprint density at radius 2 is 1.84 bits per heavy atom. The number of fused-ring (bicyclic) bond motifs is 1. The summed E-state index contributed by atoms with van der Waals surface area (Å²) in [6, 6.07) is 20.3. The third kappa shape index (κ3) is 3.79. The molecule has 8 nitrogen and oxygen atoms in total. The van der Waals surface area contributed by atoms with E-state index in [-0.39, 0.29) is 24.4 Å². The third-order valence-corrected chi connectivity index (χ3v) is 7.21. The Morgan fingerprint density at radius 1 is 1.05 bits per heavy atom. The number of carbonyl (C=O) groups is 1. The van der Waals surface area contributed by atoms with Crippen LogP contribution in [0.2, 0.25) is 0 Å². The van der Waals surface area contributed by atoms with Crippen LogP contribution in [0.4, 0.5) is 5.69 Å². The molecule has 0 bridgehead atoms. The van der Waals surface area contributed by atoms with Crippen LogP contribution < -0.4 is 19.7 Å². The van der Waals surface area contributed by atoms with Gasteiger partial charge in [-0.15, -0.1) is 0 Å². The van der Waals surface area contributed by atoms with Gasteiger partial charge in [0.15, 0.2) is 16.6 Å². The van der Waals surface area contributed by atoms with E-state index in [4.69, 9.17) is 21.7 Å². The number of hydrogen-bond acceptors (Lipinski definition) is 5. The Hall–Kier alpha value is -4.37. The monoisotopic (exact) mass is 512 g/mol. The zero-order valence-corrected chi connectivity index (χ0v) is 21.0. The summed E-state index contributed by atoms with van der Waals surface area (Å²) in [5, 5.41) is 13.9. The molecule has 2 aromatic carbocycles. The molecular weight excluding hydrogens is 488 g/mol. The lowest BCUT2D eigenvalue weighted by Gasteiger charge is -2.28. The van der Waals surface area contributed by atoms with Crippen LogP contribution in [-0.2, 0) is 0 Å². The average molecular weight is 513 g/mol. The first-order valence-corrected chi connectivity index (χ1v) is 12.3. The molecule has 2 aliphatic rings. The Morgan fingerprint density at radius 3 is 2.62 bits per heavy atom. The largest absolute Gasteiger partial charge is 0.478 e. The maximum Gasteiger partial charge on any atom is 0.337 e. The molecule has 4 aromatic rings. The molecule has 37 heavy (non-hydrogen) atoms. The number of aryl methyl sites for hydroxylation is 1. The number of nitrogens with zero attached hydrogens (tertiary/aromatic N) is 3. The van der Waals surface area contributed by atoms with Gasteiger partial charge in [0, 0.05) is 29.3 Å². The number of ether oxygens (including phenoxy) is 2. The van der Waals surface area contributed by atoms with Crippen molar-refractivity contribution in [1.29, 1.82) is 0 Å². The predicted octanol–water partition coefficient (Wildman–Crippen LogP) is 5.09. The van der Waals surface area contributed by atoms with Gasteiger partial charge in [0.05, 0.1) is 29.0 Å². The van der Waals surface area contributed by atoms with Crippen LogP contribution in [0, 0.1) is 13.8 Å².